The summed E-state index contributed by atoms with van der Waals surface area (Å²) in [6, 6.07) is 1.20. The highest BCUT2D eigenvalue weighted by Gasteiger charge is 2.61. The second-order valence-electron chi connectivity index (χ2n) is 5.02. The van der Waals surface area contributed by atoms with Crippen LogP contribution in [0.1, 0.15) is 13.2 Å². The molecule has 5 atom stereocenters. The van der Waals surface area contributed by atoms with E-state index in [1.807, 2.05) is 0 Å². The largest absolute Gasteiger partial charge is 0.697 e. The first-order valence-electron chi connectivity index (χ1n) is 6.17. The molecule has 9 heteroatoms. The maximum absolute atomic E-state index is 11.9. The molecule has 0 bridgehead atoms. The van der Waals surface area contributed by atoms with Gasteiger partial charge < -0.3 is 4.74 Å². The molecule has 3 rings (SSSR count). The highest BCUT2D eigenvalue weighted by Crippen LogP contribution is 2.51. The number of fused-ring (bicyclic) bond motifs is 1. The molecule has 0 saturated carbocycles. The molecule has 1 N–H and O–H groups in total. The molecule has 0 aromatic carbocycles. The summed E-state index contributed by atoms with van der Waals surface area (Å²) in [4.78, 5) is 25.2. The van der Waals surface area contributed by atoms with Crippen LogP contribution in [-0.2, 0) is 18.3 Å². The summed E-state index contributed by atoms with van der Waals surface area (Å²) in [5.41, 5.74) is -2.18. The fourth-order valence-corrected chi connectivity index (χ4v) is 3.46. The molecule has 1 aromatic heterocycles. The lowest BCUT2D eigenvalue weighted by Crippen LogP contribution is -2.42. The molecule has 2 fully saturated rings. The molecule has 3 heterocycles. The van der Waals surface area contributed by atoms with Crippen LogP contribution in [0.5, 0.6) is 0 Å². The summed E-state index contributed by atoms with van der Waals surface area (Å²) in [7, 11) is -2.26. The fraction of sp³-hybridized carbons (Fsp3) is 0.500. The zero-order chi connectivity index (χ0) is 15.2. The standard InChI is InChI=1S/C12H11N2O6P/c1-3-12(2)9-7(6-18-21(17)20-9)19-10(12)14-5-4-8(15)13-11(14)16/h1,4-5,7,9-10H,6H2,2H3/p+1/t7-,9?,10-,12-/m1/s1. The Morgan fingerprint density at radius 3 is 3.00 bits per heavy atom. The van der Waals surface area contributed by atoms with Gasteiger partial charge in [-0.05, 0) is 6.92 Å². The van der Waals surface area contributed by atoms with E-state index in [9.17, 15) is 14.2 Å². The van der Waals surface area contributed by atoms with Gasteiger partial charge >= 0.3 is 13.9 Å². The Morgan fingerprint density at radius 1 is 1.57 bits per heavy atom. The SMILES string of the molecule is C#C[C@]1(C)C2O[P+](=O)OC[C@H]2O[C@H]1n1ccc(=O)[nH]c1=O. The van der Waals surface area contributed by atoms with Crippen molar-refractivity contribution in [1.82, 2.24) is 9.55 Å². The molecule has 2 aliphatic rings. The average Bonchev–Trinajstić information content (AvgIpc) is 2.73. The van der Waals surface area contributed by atoms with E-state index in [0.717, 1.165) is 0 Å². The molecule has 2 unspecified atom stereocenters. The van der Waals surface area contributed by atoms with Crippen LogP contribution in [0.4, 0.5) is 0 Å². The van der Waals surface area contributed by atoms with Gasteiger partial charge in [-0.15, -0.1) is 15.5 Å². The number of hydrogen-bond acceptors (Lipinski definition) is 6. The van der Waals surface area contributed by atoms with Gasteiger partial charge in [-0.3, -0.25) is 14.3 Å². The van der Waals surface area contributed by atoms with E-state index in [2.05, 4.69) is 10.9 Å². The van der Waals surface area contributed by atoms with Crippen LogP contribution in [0.25, 0.3) is 0 Å². The van der Waals surface area contributed by atoms with Crippen molar-refractivity contribution in [2.45, 2.75) is 25.4 Å². The maximum Gasteiger partial charge on any atom is 0.697 e. The van der Waals surface area contributed by atoms with Crippen LogP contribution in [0, 0.1) is 17.8 Å². The molecule has 1 aromatic rings. The van der Waals surface area contributed by atoms with Crippen LogP contribution < -0.4 is 11.2 Å². The minimum absolute atomic E-state index is 0.0613. The van der Waals surface area contributed by atoms with Gasteiger partial charge in [-0.2, -0.15) is 0 Å². The lowest BCUT2D eigenvalue weighted by atomic mass is 9.83. The summed E-state index contributed by atoms with van der Waals surface area (Å²) in [6.45, 7) is 1.74. The van der Waals surface area contributed by atoms with Crippen LogP contribution in [-0.4, -0.2) is 28.4 Å². The highest BCUT2D eigenvalue weighted by molar-refractivity contribution is 7.33. The molecule has 21 heavy (non-hydrogen) atoms. The van der Waals surface area contributed by atoms with Gasteiger partial charge in [0.05, 0.1) is 0 Å². The van der Waals surface area contributed by atoms with Gasteiger partial charge in [0.1, 0.15) is 18.1 Å². The molecular formula is C12H12N2O6P+. The molecule has 0 spiro atoms. The molecule has 2 saturated heterocycles. The molecule has 8 nitrogen and oxygen atoms in total. The van der Waals surface area contributed by atoms with E-state index in [-0.39, 0.29) is 6.61 Å². The Hall–Kier alpha value is -1.78. The van der Waals surface area contributed by atoms with Gasteiger partial charge in [0, 0.05) is 16.8 Å². The van der Waals surface area contributed by atoms with Gasteiger partial charge in [0.15, 0.2) is 12.3 Å². The zero-order valence-corrected chi connectivity index (χ0v) is 11.9. The van der Waals surface area contributed by atoms with Crippen molar-refractivity contribution in [3.8, 4) is 12.3 Å². The van der Waals surface area contributed by atoms with Crippen LogP contribution >= 0.6 is 8.25 Å². The normalized spacial score (nSPS) is 37.0. The van der Waals surface area contributed by atoms with Crippen molar-refractivity contribution in [2.24, 2.45) is 5.41 Å². The number of aromatic amines is 1. The second kappa shape index (κ2) is 4.90. The van der Waals surface area contributed by atoms with E-state index in [4.69, 9.17) is 20.2 Å². The monoisotopic (exact) mass is 311 g/mol. The van der Waals surface area contributed by atoms with E-state index >= 15 is 0 Å². The van der Waals surface area contributed by atoms with Crippen molar-refractivity contribution in [3.63, 3.8) is 0 Å². The van der Waals surface area contributed by atoms with E-state index in [1.54, 1.807) is 6.92 Å². The Kier molecular flexibility index (Phi) is 3.30. The van der Waals surface area contributed by atoms with Crippen LogP contribution in [0.3, 0.4) is 0 Å². The summed E-state index contributed by atoms with van der Waals surface area (Å²) in [5, 5.41) is 0. The quantitative estimate of drug-likeness (QED) is 0.585. The number of nitrogens with one attached hydrogen (secondary N) is 1. The number of hydrogen-bond donors (Lipinski definition) is 1. The van der Waals surface area contributed by atoms with Crippen molar-refractivity contribution in [1.29, 1.82) is 0 Å². The maximum atomic E-state index is 11.9. The molecule has 0 aliphatic carbocycles. The molecule has 2 aliphatic heterocycles. The zero-order valence-electron chi connectivity index (χ0n) is 11.0. The van der Waals surface area contributed by atoms with Crippen molar-refractivity contribution in [3.05, 3.63) is 33.1 Å². The van der Waals surface area contributed by atoms with Crippen LogP contribution in [0.2, 0.25) is 0 Å². The van der Waals surface area contributed by atoms with E-state index in [1.165, 1.54) is 16.8 Å². The van der Waals surface area contributed by atoms with Gasteiger partial charge in [-0.1, -0.05) is 5.92 Å². The number of terminal acetylenes is 1. The average molecular weight is 311 g/mol. The van der Waals surface area contributed by atoms with Crippen molar-refractivity contribution >= 4 is 8.25 Å². The Morgan fingerprint density at radius 2 is 2.33 bits per heavy atom. The summed E-state index contributed by atoms with van der Waals surface area (Å²) in [5.74, 6) is 2.56. The summed E-state index contributed by atoms with van der Waals surface area (Å²) >= 11 is 0. The Bertz CT molecular complexity index is 749. The third-order valence-electron chi connectivity index (χ3n) is 3.70. The van der Waals surface area contributed by atoms with Gasteiger partial charge in [0.25, 0.3) is 5.56 Å². The second-order valence-corrected chi connectivity index (χ2v) is 5.93. The number of rotatable bonds is 1. The predicted octanol–water partition coefficient (Wildman–Crippen LogP) is 0.146. The van der Waals surface area contributed by atoms with Gasteiger partial charge in [-0.25, -0.2) is 4.79 Å². The van der Waals surface area contributed by atoms with Gasteiger partial charge in [0.2, 0.25) is 0 Å². The molecule has 0 amide bonds. The van der Waals surface area contributed by atoms with Crippen molar-refractivity contribution in [2.75, 3.05) is 6.61 Å². The minimum Gasteiger partial charge on any atom is -0.347 e. The minimum atomic E-state index is -2.26. The third kappa shape index (κ3) is 2.15. The third-order valence-corrected chi connectivity index (χ3v) is 4.46. The highest BCUT2D eigenvalue weighted by atomic mass is 31.1. The summed E-state index contributed by atoms with van der Waals surface area (Å²) < 4.78 is 28.5. The fourth-order valence-electron chi connectivity index (χ4n) is 2.59. The first-order chi connectivity index (χ1) is 9.95. The number of aromatic nitrogens is 2. The van der Waals surface area contributed by atoms with Crippen LogP contribution in [0.15, 0.2) is 21.9 Å². The van der Waals surface area contributed by atoms with E-state index in [0.29, 0.717) is 0 Å². The smallest absolute Gasteiger partial charge is 0.347 e. The number of ether oxygens (including phenoxy) is 1. The number of H-pyrrole nitrogens is 1. The summed E-state index contributed by atoms with van der Waals surface area (Å²) in [6.07, 6.45) is 4.84. The lowest BCUT2D eigenvalue weighted by molar-refractivity contribution is -0.0565. The Balaban J connectivity index is 2.07. The van der Waals surface area contributed by atoms with E-state index < -0.39 is 43.4 Å². The predicted molar refractivity (Wildman–Crippen MR) is 70.6 cm³/mol. The molecular weight excluding hydrogens is 299 g/mol. The first-order valence-corrected chi connectivity index (χ1v) is 7.27. The first kappa shape index (κ1) is 14.2. The lowest BCUT2D eigenvalue weighted by Gasteiger charge is -2.27. The Labute approximate surface area is 120 Å². The topological polar surface area (TPSA) is 99.6 Å². The molecule has 0 radical (unpaired) electrons. The molecule has 110 valence electrons. The number of nitrogens with zero attached hydrogens (tertiary/aromatic N) is 1. The van der Waals surface area contributed by atoms with Crippen molar-refractivity contribution < 1.29 is 18.3 Å².